The van der Waals surface area contributed by atoms with Crippen LogP contribution in [0.4, 0.5) is 23.3 Å². The standard InChI is InChI=1S/C28H27N3O2.C26H29N3O2.C25H27N3O2.C24H25N3O2/c1-2-5-25-28(31-26(33)16-18-8-10-20-6-3-4-7-21(20)14-18)30-24-13-11-22-15-19(17-32)9-12-23(22)27(24)29-25;1-2-7-23-26(29-24(31)11-6-10-18-8-4-3-5-9-18)28-22-15-13-20-16-19(17-30)12-14-21(20)25(22)27-23;1-2-6-22-25(28-23(30)14-10-17-7-4-3-5-8-17)27-21-13-11-19-15-18(16-29)9-12-20(19)24(21)26-22;1-2-6-21-24(27-22(29)14-16-7-4-3-5-8-16)26-20-12-10-18-13-17(15-28)9-11-19(18)23(20)25-21/h3-4,6-10,12,14-15,32H,2,5,11,13,16-17H2,1H3,(H,30,31,33);3-5,8-9,12,14,16,30H,2,6-7,10-11,13,15,17H2,1H3,(H,28,29,31);3-5,7-9,12,15,29H,2,6,10-11,13-14,16H2,1H3,(H,27,28,30);3-5,7-9,11,13,28H,2,6,10,12,14-15H2,1H3,(H,26,27,29). The molecule has 0 bridgehead atoms. The van der Waals surface area contributed by atoms with Crippen LogP contribution in [0.15, 0.2) is 206 Å². The Kier molecular flexibility index (Phi) is 29.7. The SMILES string of the molecule is CCCc1nc2c(nc1NC(=O)CCCc1ccccc1)CCc1cc(CO)ccc1-2.CCCc1nc2c(nc1NC(=O)CCc1ccccc1)CCc1cc(CO)ccc1-2.CCCc1nc2c(nc1NC(=O)Cc1ccc3ccccc3c1)CCc1cc(CO)ccc1-2.CCCc1nc2c(nc1NC(=O)Cc1ccccc1)CCc1cc(CO)ccc1-2. The molecule has 20 heteroatoms. The lowest BCUT2D eigenvalue weighted by atomic mass is 9.90. The molecule has 628 valence electrons. The van der Waals surface area contributed by atoms with Gasteiger partial charge in [0.2, 0.25) is 23.6 Å². The Labute approximate surface area is 719 Å². The van der Waals surface area contributed by atoms with Gasteiger partial charge >= 0.3 is 0 Å². The van der Waals surface area contributed by atoms with Crippen LogP contribution in [0.2, 0.25) is 0 Å². The number of aliphatic hydroxyl groups is 4. The molecule has 4 aliphatic rings. The number of hydrogen-bond donors (Lipinski definition) is 8. The monoisotopic (exact) mass is 1640 g/mol. The zero-order chi connectivity index (χ0) is 85.6. The first-order valence-electron chi connectivity index (χ1n) is 43.5. The zero-order valence-electron chi connectivity index (χ0n) is 70.7. The first kappa shape index (κ1) is 86.7. The van der Waals surface area contributed by atoms with Gasteiger partial charge in [0.15, 0.2) is 23.3 Å². The van der Waals surface area contributed by atoms with E-state index in [9.17, 15) is 39.6 Å². The molecule has 4 aliphatic carbocycles. The second-order valence-electron chi connectivity index (χ2n) is 31.9. The molecule has 0 atom stereocenters. The number of aromatic nitrogens is 8. The molecule has 13 aromatic rings. The fraction of sp³-hybridized carbons (Fsp3) is 0.301. The third kappa shape index (κ3) is 22.2. The fourth-order valence-corrected chi connectivity index (χ4v) is 16.4. The Morgan fingerprint density at radius 3 is 0.927 bits per heavy atom. The lowest BCUT2D eigenvalue weighted by Gasteiger charge is -2.21. The van der Waals surface area contributed by atoms with E-state index in [1.807, 2.05) is 146 Å². The van der Waals surface area contributed by atoms with Gasteiger partial charge in [0.05, 0.1) is 108 Å². The average Bonchev–Trinajstić information content (AvgIpc) is 0.786. The Morgan fingerprint density at radius 1 is 0.276 bits per heavy atom. The van der Waals surface area contributed by atoms with E-state index in [1.165, 1.54) is 33.2 Å². The van der Waals surface area contributed by atoms with E-state index in [1.54, 1.807) is 0 Å². The fourth-order valence-electron chi connectivity index (χ4n) is 16.4. The molecule has 4 heterocycles. The quantitative estimate of drug-likeness (QED) is 0.0237. The third-order valence-electron chi connectivity index (χ3n) is 22.7. The number of carbonyl (C=O) groups excluding carboxylic acids is 4. The van der Waals surface area contributed by atoms with E-state index in [4.69, 9.17) is 39.9 Å². The van der Waals surface area contributed by atoms with Crippen LogP contribution >= 0.6 is 0 Å². The highest BCUT2D eigenvalue weighted by atomic mass is 16.3. The van der Waals surface area contributed by atoms with Gasteiger partial charge in [-0.15, -0.1) is 0 Å². The van der Waals surface area contributed by atoms with E-state index in [0.717, 1.165) is 250 Å². The van der Waals surface area contributed by atoms with Crippen molar-refractivity contribution < 1.29 is 39.6 Å². The van der Waals surface area contributed by atoms with Crippen molar-refractivity contribution in [3.63, 3.8) is 0 Å². The van der Waals surface area contributed by atoms with Crippen molar-refractivity contribution >= 4 is 57.7 Å². The molecule has 4 amide bonds. The summed E-state index contributed by atoms with van der Waals surface area (Å²) < 4.78 is 0. The number of amides is 4. The minimum atomic E-state index is -0.0827. The van der Waals surface area contributed by atoms with E-state index < -0.39 is 0 Å². The second kappa shape index (κ2) is 42.2. The number of rotatable bonds is 27. The summed E-state index contributed by atoms with van der Waals surface area (Å²) in [5, 5.41) is 52.1. The lowest BCUT2D eigenvalue weighted by Crippen LogP contribution is -2.20. The predicted octanol–water partition coefficient (Wildman–Crippen LogP) is 17.8. The Balaban J connectivity index is 0.000000134. The number of fused-ring (bicyclic) bond motifs is 13. The molecular formula is C103H108N12O8. The maximum Gasteiger partial charge on any atom is 0.229 e. The van der Waals surface area contributed by atoms with Gasteiger partial charge in [-0.25, -0.2) is 39.9 Å². The Bertz CT molecular complexity index is 5930. The molecular weight excluding hydrogens is 1530 g/mol. The van der Waals surface area contributed by atoms with Gasteiger partial charge in [-0.2, -0.15) is 0 Å². The minimum Gasteiger partial charge on any atom is -0.392 e. The van der Waals surface area contributed by atoms with Crippen molar-refractivity contribution in [1.29, 1.82) is 0 Å². The van der Waals surface area contributed by atoms with E-state index in [0.29, 0.717) is 55.4 Å². The Hall–Kier alpha value is -12.7. The molecule has 0 fully saturated rings. The summed E-state index contributed by atoms with van der Waals surface area (Å²) in [5.74, 6) is 2.18. The summed E-state index contributed by atoms with van der Waals surface area (Å²) >= 11 is 0. The van der Waals surface area contributed by atoms with Crippen LogP contribution in [0.5, 0.6) is 0 Å². The van der Waals surface area contributed by atoms with Crippen molar-refractivity contribution in [3.8, 4) is 45.0 Å². The van der Waals surface area contributed by atoms with Crippen LogP contribution in [0.3, 0.4) is 0 Å². The van der Waals surface area contributed by atoms with Crippen molar-refractivity contribution in [3.05, 3.63) is 319 Å². The van der Waals surface area contributed by atoms with Gasteiger partial charge in [0, 0.05) is 35.1 Å². The summed E-state index contributed by atoms with van der Waals surface area (Å²) in [4.78, 5) is 89.7. The normalized spacial score (nSPS) is 12.2. The molecule has 4 aromatic heterocycles. The van der Waals surface area contributed by atoms with Crippen molar-refractivity contribution in [1.82, 2.24) is 39.9 Å². The molecule has 9 aromatic carbocycles. The topological polar surface area (TPSA) is 300 Å². The Morgan fingerprint density at radius 2 is 0.577 bits per heavy atom. The molecule has 0 spiro atoms. The van der Waals surface area contributed by atoms with Crippen molar-refractivity contribution in [2.45, 2.75) is 202 Å². The minimum absolute atomic E-state index is 0.00803. The number of aryl methyl sites for hydroxylation is 14. The maximum absolute atomic E-state index is 12.9. The van der Waals surface area contributed by atoms with Crippen molar-refractivity contribution in [2.75, 3.05) is 21.3 Å². The number of aliphatic hydroxyl groups excluding tert-OH is 4. The summed E-state index contributed by atoms with van der Waals surface area (Å²) in [5.41, 5.74) is 27.8. The number of carbonyl (C=O) groups is 4. The molecule has 0 saturated carbocycles. The molecule has 0 radical (unpaired) electrons. The first-order chi connectivity index (χ1) is 60.2. The molecule has 0 aliphatic heterocycles. The molecule has 123 heavy (non-hydrogen) atoms. The van der Waals surface area contributed by atoms with Crippen LogP contribution in [-0.4, -0.2) is 83.9 Å². The first-order valence-corrected chi connectivity index (χ1v) is 43.5. The van der Waals surface area contributed by atoms with Gasteiger partial charge in [0.1, 0.15) is 0 Å². The van der Waals surface area contributed by atoms with E-state index in [2.05, 4.69) is 110 Å². The van der Waals surface area contributed by atoms with Gasteiger partial charge in [-0.1, -0.05) is 260 Å². The summed E-state index contributed by atoms with van der Waals surface area (Å²) in [6.45, 7) is 8.57. The van der Waals surface area contributed by atoms with E-state index in [-0.39, 0.29) is 50.1 Å². The van der Waals surface area contributed by atoms with Gasteiger partial charge in [0.25, 0.3) is 0 Å². The third-order valence-corrected chi connectivity index (χ3v) is 22.7. The summed E-state index contributed by atoms with van der Waals surface area (Å²) in [7, 11) is 0. The summed E-state index contributed by atoms with van der Waals surface area (Å²) in [6.07, 6.45) is 17.2. The van der Waals surface area contributed by atoms with Crippen LogP contribution < -0.4 is 21.3 Å². The smallest absolute Gasteiger partial charge is 0.229 e. The highest BCUT2D eigenvalue weighted by molar-refractivity contribution is 5.95. The summed E-state index contributed by atoms with van der Waals surface area (Å²) in [6, 6.07) is 68.3. The average molecular weight is 1640 g/mol. The van der Waals surface area contributed by atoms with Crippen LogP contribution in [0, 0.1) is 0 Å². The van der Waals surface area contributed by atoms with Crippen LogP contribution in [0.25, 0.3) is 55.8 Å². The lowest BCUT2D eigenvalue weighted by molar-refractivity contribution is -0.117. The second-order valence-corrected chi connectivity index (χ2v) is 31.9. The maximum atomic E-state index is 12.9. The number of benzene rings is 9. The zero-order valence-corrected chi connectivity index (χ0v) is 70.7. The number of anilines is 4. The van der Waals surface area contributed by atoms with Crippen LogP contribution in [0.1, 0.15) is 185 Å². The highest BCUT2D eigenvalue weighted by Crippen LogP contribution is 2.39. The number of nitrogens with zero attached hydrogens (tertiary/aromatic N) is 8. The molecule has 0 saturated heterocycles. The van der Waals surface area contributed by atoms with Gasteiger partial charge < -0.3 is 41.7 Å². The highest BCUT2D eigenvalue weighted by Gasteiger charge is 2.28. The molecule has 17 rings (SSSR count). The van der Waals surface area contributed by atoms with Gasteiger partial charge in [-0.05, 0) is 174 Å². The van der Waals surface area contributed by atoms with E-state index >= 15 is 0 Å². The molecule has 8 N–H and O–H groups in total. The van der Waals surface area contributed by atoms with Gasteiger partial charge in [-0.3, -0.25) is 19.2 Å². The number of nitrogens with one attached hydrogen (secondary N) is 4. The predicted molar refractivity (Wildman–Crippen MR) is 486 cm³/mol. The molecule has 0 unspecified atom stereocenters. The number of hydrogen-bond acceptors (Lipinski definition) is 16. The largest absolute Gasteiger partial charge is 0.392 e. The van der Waals surface area contributed by atoms with Crippen LogP contribution in [-0.2, 0) is 148 Å². The molecule has 20 nitrogen and oxygen atoms in total. The van der Waals surface area contributed by atoms with Crippen molar-refractivity contribution in [2.24, 2.45) is 0 Å².